The lowest BCUT2D eigenvalue weighted by Crippen LogP contribution is -2.65. The molecule has 8 heteroatoms. The maximum absolute atomic E-state index is 8.38. The van der Waals surface area contributed by atoms with E-state index in [4.69, 9.17) is 9.47 Å². The van der Waals surface area contributed by atoms with Crippen molar-refractivity contribution >= 4 is 124 Å². The quantitative estimate of drug-likeness (QED) is 0.121. The largest absolute Gasteiger partial charge is 0.459 e. The van der Waals surface area contributed by atoms with Crippen LogP contribution < -0.4 is 52.1 Å². The number of nitrogens with zero attached hydrogens (tertiary/aromatic N) is 4. The molecule has 0 N–H and O–H groups in total. The summed E-state index contributed by atoms with van der Waals surface area (Å²) >= 11 is 0. The minimum absolute atomic E-state index is 0.102. The van der Waals surface area contributed by atoms with Crippen molar-refractivity contribution < 1.29 is 9.47 Å². The maximum atomic E-state index is 8.38. The zero-order valence-electron chi connectivity index (χ0n) is 69.9. The Morgan fingerprint density at radius 2 is 0.621 bits per heavy atom. The molecule has 0 unspecified atom stereocenters. The molecule has 20 aromatic rings. The van der Waals surface area contributed by atoms with E-state index >= 15 is 0 Å². The summed E-state index contributed by atoms with van der Waals surface area (Å²) in [5.41, 5.74) is 36.6. The Labute approximate surface area is 723 Å². The van der Waals surface area contributed by atoms with Crippen LogP contribution in [0.3, 0.4) is 0 Å². The minimum atomic E-state index is -0.507. The van der Waals surface area contributed by atoms with E-state index in [9.17, 15) is 0 Å². The molecule has 0 atom stereocenters. The zero-order chi connectivity index (χ0) is 82.8. The van der Waals surface area contributed by atoms with Gasteiger partial charge in [0.1, 0.15) is 23.0 Å². The van der Waals surface area contributed by atoms with Crippen LogP contribution in [-0.4, -0.2) is 22.6 Å². The smallest absolute Gasteiger partial charge is 0.260 e. The van der Waals surface area contributed by atoms with Gasteiger partial charge in [-0.05, 0) is 178 Å². The summed E-state index contributed by atoms with van der Waals surface area (Å²) in [6, 6.07) is 150. The molecule has 0 bridgehead atoms. The molecule has 0 saturated carbocycles. The number of anilines is 6. The van der Waals surface area contributed by atoms with E-state index in [1.165, 1.54) is 32.7 Å². The standard InChI is InChI=1S/C116H84B2N4O2/c1-115(2,3)83-57-61-99-92(69-83)93-70-84(116(4,5)6)58-62-100(93)119(99)85-59-60-94-101(71-85)121(111-86(76-40-20-10-21-41-76)50-32-51-87(111)77-42-22-11-23-43-77)102-66-82(75-38-18-9-19-39-75)67-103-108(102)118(94)109-104(122(103)112-88(78-44-24-12-25-45-78)52-33-53-89(112)79-46-26-13-27-47-79)72-107-110-114(109)123-106-63-56-80(73-34-14-7-15-35-73)64-95(106)117(110)96-65-81(74-36-16-8-17-37-74)68-105(113(96)124-107)120-97-54-30-28-48-90(97)91-49-29-31-55-98(91)120/h7-72H,1-6H3. The Morgan fingerprint density at radius 3 is 1.10 bits per heavy atom. The lowest BCUT2D eigenvalue weighted by Gasteiger charge is -2.47. The van der Waals surface area contributed by atoms with Crippen molar-refractivity contribution in [3.8, 4) is 112 Å². The van der Waals surface area contributed by atoms with Gasteiger partial charge in [-0.2, -0.15) is 0 Å². The summed E-state index contributed by atoms with van der Waals surface area (Å²) in [6.45, 7) is 13.0. The van der Waals surface area contributed by atoms with E-state index in [1.54, 1.807) is 0 Å². The fourth-order valence-corrected chi connectivity index (χ4v) is 20.7. The third-order valence-corrected chi connectivity index (χ3v) is 26.5. The van der Waals surface area contributed by atoms with Crippen molar-refractivity contribution in [3.63, 3.8) is 0 Å². The van der Waals surface area contributed by atoms with Crippen LogP contribution in [0, 0.1) is 0 Å². The number of fused-ring (bicyclic) bond motifs is 15. The fourth-order valence-electron chi connectivity index (χ4n) is 20.7. The highest BCUT2D eigenvalue weighted by Crippen LogP contribution is 2.57. The molecule has 0 spiro atoms. The monoisotopic (exact) mass is 1590 g/mol. The van der Waals surface area contributed by atoms with Crippen LogP contribution >= 0.6 is 0 Å². The van der Waals surface area contributed by atoms with Crippen LogP contribution in [-0.2, 0) is 10.8 Å². The summed E-state index contributed by atoms with van der Waals surface area (Å²) in [6.07, 6.45) is 0. The lowest BCUT2D eigenvalue weighted by molar-refractivity contribution is 0.466. The number of hydrogen-bond acceptors (Lipinski definition) is 4. The molecule has 0 aliphatic carbocycles. The second-order valence-electron chi connectivity index (χ2n) is 35.8. The summed E-state index contributed by atoms with van der Waals surface area (Å²) < 4.78 is 21.7. The Morgan fingerprint density at radius 1 is 0.226 bits per heavy atom. The van der Waals surface area contributed by atoms with E-state index in [0.717, 1.165) is 201 Å². The van der Waals surface area contributed by atoms with Crippen LogP contribution in [0.1, 0.15) is 52.7 Å². The first-order valence-electron chi connectivity index (χ1n) is 43.3. The molecule has 124 heavy (non-hydrogen) atoms. The topological polar surface area (TPSA) is 34.8 Å². The first-order valence-corrected chi connectivity index (χ1v) is 43.3. The van der Waals surface area contributed by atoms with E-state index in [0.29, 0.717) is 0 Å². The first-order chi connectivity index (χ1) is 60.8. The molecule has 0 saturated heterocycles. The molecule has 6 heterocycles. The van der Waals surface area contributed by atoms with Gasteiger partial charge < -0.3 is 28.4 Å². The molecule has 6 nitrogen and oxygen atoms in total. The Kier molecular flexibility index (Phi) is 16.6. The van der Waals surface area contributed by atoms with Gasteiger partial charge in [-0.1, -0.05) is 363 Å². The molecule has 4 aliphatic rings. The Balaban J connectivity index is 0.881. The second kappa shape index (κ2) is 28.3. The molecule has 2 aromatic heterocycles. The van der Waals surface area contributed by atoms with E-state index in [1.807, 2.05) is 0 Å². The molecule has 0 fully saturated rings. The van der Waals surface area contributed by atoms with Gasteiger partial charge in [-0.25, -0.2) is 0 Å². The number of rotatable bonds is 11. The summed E-state index contributed by atoms with van der Waals surface area (Å²) in [4.78, 5) is 5.33. The van der Waals surface area contributed by atoms with Crippen LogP contribution in [0.15, 0.2) is 400 Å². The molecule has 4 aliphatic heterocycles. The van der Waals surface area contributed by atoms with E-state index in [-0.39, 0.29) is 10.8 Å². The van der Waals surface area contributed by atoms with Crippen LogP contribution in [0.2, 0.25) is 0 Å². The normalized spacial score (nSPS) is 13.0. The molecule has 0 amide bonds. The van der Waals surface area contributed by atoms with E-state index in [2.05, 4.69) is 461 Å². The third-order valence-electron chi connectivity index (χ3n) is 26.5. The van der Waals surface area contributed by atoms with Crippen molar-refractivity contribution in [1.29, 1.82) is 0 Å². The molecule has 586 valence electrons. The van der Waals surface area contributed by atoms with Crippen molar-refractivity contribution in [2.24, 2.45) is 0 Å². The first kappa shape index (κ1) is 72.9. The highest BCUT2D eigenvalue weighted by Gasteiger charge is 2.52. The van der Waals surface area contributed by atoms with Crippen LogP contribution in [0.5, 0.6) is 23.0 Å². The average Bonchev–Trinajstić information content (AvgIpc) is 0.777. The van der Waals surface area contributed by atoms with Gasteiger partial charge in [0.15, 0.2) is 0 Å². The highest BCUT2D eigenvalue weighted by molar-refractivity contribution is 7.03. The summed E-state index contributed by atoms with van der Waals surface area (Å²) in [7, 11) is 0. The van der Waals surface area contributed by atoms with Gasteiger partial charge >= 0.3 is 0 Å². The van der Waals surface area contributed by atoms with Gasteiger partial charge in [0.05, 0.1) is 39.1 Å². The lowest BCUT2D eigenvalue weighted by atomic mass is 9.30. The zero-order valence-corrected chi connectivity index (χ0v) is 69.9. The average molecular weight is 1590 g/mol. The molecule has 0 radical (unpaired) electrons. The van der Waals surface area contributed by atoms with Crippen molar-refractivity contribution in [2.75, 3.05) is 9.80 Å². The van der Waals surface area contributed by atoms with Crippen molar-refractivity contribution in [1.82, 2.24) is 9.13 Å². The number of para-hydroxylation sites is 4. The minimum Gasteiger partial charge on any atom is -0.459 e. The molecule has 18 aromatic carbocycles. The predicted molar refractivity (Wildman–Crippen MR) is 522 cm³/mol. The Bertz CT molecular complexity index is 7500. The van der Waals surface area contributed by atoms with Gasteiger partial charge in [0.25, 0.3) is 13.4 Å². The van der Waals surface area contributed by atoms with Gasteiger partial charge in [0, 0.05) is 83.8 Å². The van der Waals surface area contributed by atoms with Gasteiger partial charge in [-0.15, -0.1) is 0 Å². The number of aromatic nitrogens is 2. The summed E-state index contributed by atoms with van der Waals surface area (Å²) in [5.74, 6) is 3.06. The second-order valence-corrected chi connectivity index (χ2v) is 35.8. The SMILES string of the molecule is CC(C)(C)c1ccc2c(c1)c1cc(C(C)(C)C)ccc1n2-c1ccc2c(c1)N(c1c(-c3ccccc3)cccc1-c1ccccc1)c1cc(-c3ccccc3)cc3c1B2c1c(cc2c4c1Oc1ccc(-c5ccccc5)cc1B4c1cc(-c4ccccc4)cc(-n4c5ccccc5c5ccccc54)c1O2)N3c1c(-c2ccccc2)cccc1-c1ccccc1. The van der Waals surface area contributed by atoms with Crippen molar-refractivity contribution in [2.45, 2.75) is 52.4 Å². The van der Waals surface area contributed by atoms with Crippen molar-refractivity contribution in [3.05, 3.63) is 412 Å². The van der Waals surface area contributed by atoms with Gasteiger partial charge in [0.2, 0.25) is 0 Å². The number of benzene rings is 18. The predicted octanol–water partition coefficient (Wildman–Crippen LogP) is 27.0. The fraction of sp³-hybridized carbons (Fsp3) is 0.0690. The Hall–Kier alpha value is -15.1. The van der Waals surface area contributed by atoms with Crippen LogP contribution in [0.25, 0.3) is 133 Å². The molecular weight excluding hydrogens is 1500 g/mol. The summed E-state index contributed by atoms with van der Waals surface area (Å²) in [5, 5.41) is 4.79. The van der Waals surface area contributed by atoms with Crippen LogP contribution in [0.4, 0.5) is 34.1 Å². The third kappa shape index (κ3) is 11.5. The number of hydrogen-bond donors (Lipinski definition) is 0. The molecular formula is C116H84B2N4O2. The number of ether oxygens (including phenoxy) is 2. The van der Waals surface area contributed by atoms with E-state index < -0.39 is 13.4 Å². The highest BCUT2D eigenvalue weighted by atomic mass is 16.5. The maximum Gasteiger partial charge on any atom is 0.260 e. The van der Waals surface area contributed by atoms with Gasteiger partial charge in [-0.3, -0.25) is 0 Å². The molecule has 24 rings (SSSR count).